The molecular formula is C17H19N3. The van der Waals surface area contributed by atoms with Gasteiger partial charge in [0.15, 0.2) is 0 Å². The van der Waals surface area contributed by atoms with Crippen molar-refractivity contribution < 1.29 is 0 Å². The Balaban J connectivity index is 2.19. The lowest BCUT2D eigenvalue weighted by molar-refractivity contribution is 0.692. The summed E-state index contributed by atoms with van der Waals surface area (Å²) in [7, 11) is 1.98. The van der Waals surface area contributed by atoms with E-state index in [0.717, 1.165) is 5.69 Å². The molecule has 20 heavy (non-hydrogen) atoms. The normalized spacial score (nSPS) is 12.7. The SMILES string of the molecule is CNC(c1cccc(N)c1)c1c(C)[nH]c2ccccc12. The molecule has 1 atom stereocenters. The van der Waals surface area contributed by atoms with Crippen LogP contribution in [0.5, 0.6) is 0 Å². The summed E-state index contributed by atoms with van der Waals surface area (Å²) >= 11 is 0. The van der Waals surface area contributed by atoms with Crippen LogP contribution in [0.4, 0.5) is 5.69 Å². The lowest BCUT2D eigenvalue weighted by Gasteiger charge is -2.18. The van der Waals surface area contributed by atoms with Gasteiger partial charge in [-0.05, 0) is 37.7 Å². The quantitative estimate of drug-likeness (QED) is 0.636. The van der Waals surface area contributed by atoms with E-state index in [0.29, 0.717) is 0 Å². The average Bonchev–Trinajstić information content (AvgIpc) is 2.77. The molecule has 0 radical (unpaired) electrons. The van der Waals surface area contributed by atoms with Gasteiger partial charge in [0.05, 0.1) is 6.04 Å². The van der Waals surface area contributed by atoms with Crippen molar-refractivity contribution in [2.24, 2.45) is 0 Å². The van der Waals surface area contributed by atoms with Gasteiger partial charge in [0.2, 0.25) is 0 Å². The number of nitrogens with two attached hydrogens (primary N) is 1. The molecule has 3 aromatic rings. The number of para-hydroxylation sites is 1. The van der Waals surface area contributed by atoms with Crippen molar-refractivity contribution in [1.29, 1.82) is 0 Å². The van der Waals surface area contributed by atoms with Gasteiger partial charge in [-0.3, -0.25) is 0 Å². The molecule has 3 heteroatoms. The van der Waals surface area contributed by atoms with E-state index in [-0.39, 0.29) is 6.04 Å². The second-order valence-corrected chi connectivity index (χ2v) is 5.10. The van der Waals surface area contributed by atoms with Gasteiger partial charge in [0, 0.05) is 27.8 Å². The summed E-state index contributed by atoms with van der Waals surface area (Å²) < 4.78 is 0. The van der Waals surface area contributed by atoms with Gasteiger partial charge in [0.25, 0.3) is 0 Å². The fourth-order valence-electron chi connectivity index (χ4n) is 2.89. The first kappa shape index (κ1) is 12.8. The van der Waals surface area contributed by atoms with E-state index in [1.54, 1.807) is 0 Å². The first-order valence-corrected chi connectivity index (χ1v) is 6.80. The highest BCUT2D eigenvalue weighted by atomic mass is 14.9. The fraction of sp³-hybridized carbons (Fsp3) is 0.176. The second-order valence-electron chi connectivity index (χ2n) is 5.10. The Morgan fingerprint density at radius 1 is 1.10 bits per heavy atom. The molecule has 102 valence electrons. The van der Waals surface area contributed by atoms with Crippen LogP contribution in [-0.4, -0.2) is 12.0 Å². The number of anilines is 1. The van der Waals surface area contributed by atoms with E-state index in [2.05, 4.69) is 47.6 Å². The summed E-state index contributed by atoms with van der Waals surface area (Å²) in [5.74, 6) is 0. The summed E-state index contributed by atoms with van der Waals surface area (Å²) in [5, 5.41) is 4.66. The Kier molecular flexibility index (Phi) is 3.20. The Labute approximate surface area is 118 Å². The van der Waals surface area contributed by atoms with Crippen molar-refractivity contribution >= 4 is 16.6 Å². The molecule has 1 aromatic heterocycles. The Morgan fingerprint density at radius 2 is 1.90 bits per heavy atom. The number of nitrogens with one attached hydrogen (secondary N) is 2. The topological polar surface area (TPSA) is 53.8 Å². The van der Waals surface area contributed by atoms with Gasteiger partial charge in [-0.25, -0.2) is 0 Å². The molecule has 3 rings (SSSR count). The highest BCUT2D eigenvalue weighted by Gasteiger charge is 2.19. The van der Waals surface area contributed by atoms with Crippen LogP contribution < -0.4 is 11.1 Å². The summed E-state index contributed by atoms with van der Waals surface area (Å²) in [6.07, 6.45) is 0. The van der Waals surface area contributed by atoms with Crippen LogP contribution in [0.3, 0.4) is 0 Å². The van der Waals surface area contributed by atoms with Gasteiger partial charge in [0.1, 0.15) is 0 Å². The molecule has 0 fully saturated rings. The largest absolute Gasteiger partial charge is 0.399 e. The molecular weight excluding hydrogens is 246 g/mol. The summed E-state index contributed by atoms with van der Waals surface area (Å²) in [6, 6.07) is 16.6. The zero-order valence-electron chi connectivity index (χ0n) is 11.8. The zero-order chi connectivity index (χ0) is 14.1. The highest BCUT2D eigenvalue weighted by Crippen LogP contribution is 2.32. The summed E-state index contributed by atoms with van der Waals surface area (Å²) in [6.45, 7) is 2.12. The molecule has 1 heterocycles. The van der Waals surface area contributed by atoms with Gasteiger partial charge in [-0.2, -0.15) is 0 Å². The Morgan fingerprint density at radius 3 is 2.65 bits per heavy atom. The molecule has 2 aromatic carbocycles. The number of hydrogen-bond donors (Lipinski definition) is 3. The predicted octanol–water partition coefficient (Wildman–Crippen LogP) is 3.37. The lowest BCUT2D eigenvalue weighted by Crippen LogP contribution is -2.18. The minimum atomic E-state index is 0.134. The number of fused-ring (bicyclic) bond motifs is 1. The number of hydrogen-bond acceptors (Lipinski definition) is 2. The van der Waals surface area contributed by atoms with Gasteiger partial charge in [-0.1, -0.05) is 30.3 Å². The van der Waals surface area contributed by atoms with Gasteiger partial charge < -0.3 is 16.0 Å². The predicted molar refractivity (Wildman–Crippen MR) is 84.8 cm³/mol. The molecule has 0 spiro atoms. The van der Waals surface area contributed by atoms with Gasteiger partial charge in [-0.15, -0.1) is 0 Å². The van der Waals surface area contributed by atoms with Crippen LogP contribution in [0.15, 0.2) is 48.5 Å². The van der Waals surface area contributed by atoms with Crippen molar-refractivity contribution in [2.45, 2.75) is 13.0 Å². The molecule has 0 aliphatic heterocycles. The third kappa shape index (κ3) is 2.06. The maximum Gasteiger partial charge on any atom is 0.0598 e. The number of benzene rings is 2. The van der Waals surface area contributed by atoms with Crippen molar-refractivity contribution in [3.05, 3.63) is 65.4 Å². The molecule has 0 bridgehead atoms. The Bertz CT molecular complexity index is 743. The molecule has 0 saturated heterocycles. The second kappa shape index (κ2) is 5.02. The summed E-state index contributed by atoms with van der Waals surface area (Å²) in [4.78, 5) is 3.45. The third-order valence-electron chi connectivity index (χ3n) is 3.76. The van der Waals surface area contributed by atoms with E-state index >= 15 is 0 Å². The minimum Gasteiger partial charge on any atom is -0.399 e. The van der Waals surface area contributed by atoms with Crippen LogP contribution in [0.25, 0.3) is 10.9 Å². The van der Waals surface area contributed by atoms with E-state index in [1.807, 2.05) is 25.2 Å². The molecule has 0 aliphatic rings. The summed E-state index contributed by atoms with van der Waals surface area (Å²) in [5.41, 5.74) is 11.5. The van der Waals surface area contributed by atoms with Crippen LogP contribution in [0.1, 0.15) is 22.9 Å². The molecule has 0 saturated carbocycles. The van der Waals surface area contributed by atoms with Gasteiger partial charge >= 0.3 is 0 Å². The van der Waals surface area contributed by atoms with Crippen molar-refractivity contribution in [3.63, 3.8) is 0 Å². The molecule has 0 aliphatic carbocycles. The smallest absolute Gasteiger partial charge is 0.0598 e. The number of aryl methyl sites for hydroxylation is 1. The number of nitrogen functional groups attached to an aromatic ring is 1. The zero-order valence-corrected chi connectivity index (χ0v) is 11.8. The van der Waals surface area contributed by atoms with Crippen molar-refractivity contribution in [1.82, 2.24) is 10.3 Å². The first-order chi connectivity index (χ1) is 9.70. The molecule has 3 nitrogen and oxygen atoms in total. The van der Waals surface area contributed by atoms with E-state index in [4.69, 9.17) is 5.73 Å². The lowest BCUT2D eigenvalue weighted by atomic mass is 9.96. The van der Waals surface area contributed by atoms with Crippen molar-refractivity contribution in [2.75, 3.05) is 12.8 Å². The van der Waals surface area contributed by atoms with Crippen LogP contribution in [0.2, 0.25) is 0 Å². The van der Waals surface area contributed by atoms with E-state index in [9.17, 15) is 0 Å². The number of aromatic nitrogens is 1. The minimum absolute atomic E-state index is 0.134. The van der Waals surface area contributed by atoms with Crippen molar-refractivity contribution in [3.8, 4) is 0 Å². The maximum absolute atomic E-state index is 5.92. The number of H-pyrrole nitrogens is 1. The average molecular weight is 265 g/mol. The Hall–Kier alpha value is -2.26. The standard InChI is InChI=1S/C17H19N3/c1-11-16(14-8-3-4-9-15(14)20-11)17(19-2)12-6-5-7-13(18)10-12/h3-10,17,19-20H,18H2,1-2H3. The van der Waals surface area contributed by atoms with Crippen LogP contribution in [-0.2, 0) is 0 Å². The molecule has 0 amide bonds. The van der Waals surface area contributed by atoms with Crippen LogP contribution >= 0.6 is 0 Å². The van der Waals surface area contributed by atoms with E-state index < -0.39 is 0 Å². The maximum atomic E-state index is 5.92. The fourth-order valence-corrected chi connectivity index (χ4v) is 2.89. The third-order valence-corrected chi connectivity index (χ3v) is 3.76. The number of rotatable bonds is 3. The van der Waals surface area contributed by atoms with E-state index in [1.165, 1.54) is 27.7 Å². The van der Waals surface area contributed by atoms with Crippen LogP contribution in [0, 0.1) is 6.92 Å². The molecule has 4 N–H and O–H groups in total. The molecule has 1 unspecified atom stereocenters. The monoisotopic (exact) mass is 265 g/mol. The highest BCUT2D eigenvalue weighted by molar-refractivity contribution is 5.85. The first-order valence-electron chi connectivity index (χ1n) is 6.80. The number of aromatic amines is 1.